The maximum Gasteiger partial charge on any atom is 0.296 e. The summed E-state index contributed by atoms with van der Waals surface area (Å²) in [6.45, 7) is 5.12. The molecule has 2 aromatic heterocycles. The molecule has 6 nitrogen and oxygen atoms in total. The van der Waals surface area contributed by atoms with Gasteiger partial charge in [-0.25, -0.2) is 0 Å². The topological polar surface area (TPSA) is 81.4 Å². The number of amides is 1. The molecule has 7 heteroatoms. The number of thiophene rings is 1. The van der Waals surface area contributed by atoms with Crippen molar-refractivity contribution >= 4 is 34.5 Å². The Morgan fingerprint density at radius 2 is 1.74 bits per heavy atom. The summed E-state index contributed by atoms with van der Waals surface area (Å²) in [4.78, 5) is 40.6. The number of aromatic nitrogens is 1. The standard InChI is InChI=1S/C24H22N2O4S/c1-24(2,3)22(28)19-20(18-6-4-5-12-25(18)30)26(23(29)21(19)27)17-9-7-15(8-10-17)16-11-13-31-14-16/h4-14,19-20H,1-3H3. The van der Waals surface area contributed by atoms with Crippen LogP contribution in [0, 0.1) is 16.5 Å². The van der Waals surface area contributed by atoms with Crippen molar-refractivity contribution in [3.63, 3.8) is 0 Å². The van der Waals surface area contributed by atoms with E-state index in [0.717, 1.165) is 11.1 Å². The Hall–Kier alpha value is -3.32. The molecule has 2 atom stereocenters. The van der Waals surface area contributed by atoms with Gasteiger partial charge in [0.15, 0.2) is 12.0 Å². The van der Waals surface area contributed by atoms with Gasteiger partial charge >= 0.3 is 0 Å². The fourth-order valence-electron chi connectivity index (χ4n) is 3.89. The zero-order valence-electron chi connectivity index (χ0n) is 17.4. The third-order valence-corrected chi connectivity index (χ3v) is 6.17. The summed E-state index contributed by atoms with van der Waals surface area (Å²) in [5, 5.41) is 16.6. The first-order valence-corrected chi connectivity index (χ1v) is 10.9. The van der Waals surface area contributed by atoms with Crippen molar-refractivity contribution in [2.45, 2.75) is 26.8 Å². The summed E-state index contributed by atoms with van der Waals surface area (Å²) in [7, 11) is 0. The van der Waals surface area contributed by atoms with Crippen molar-refractivity contribution in [1.29, 1.82) is 0 Å². The van der Waals surface area contributed by atoms with Crippen LogP contribution in [0.2, 0.25) is 0 Å². The van der Waals surface area contributed by atoms with E-state index in [0.29, 0.717) is 10.4 Å². The van der Waals surface area contributed by atoms with Gasteiger partial charge in [0, 0.05) is 23.2 Å². The van der Waals surface area contributed by atoms with Crippen LogP contribution in [0.1, 0.15) is 32.5 Å². The van der Waals surface area contributed by atoms with Crippen LogP contribution in [0.3, 0.4) is 0 Å². The second kappa shape index (κ2) is 7.74. The van der Waals surface area contributed by atoms with Crippen LogP contribution in [0.25, 0.3) is 11.1 Å². The lowest BCUT2D eigenvalue weighted by Crippen LogP contribution is -2.42. The molecular formula is C24H22N2O4S. The molecule has 0 aliphatic carbocycles. The number of nitrogens with zero attached hydrogens (tertiary/aromatic N) is 2. The number of rotatable bonds is 4. The van der Waals surface area contributed by atoms with E-state index in [-0.39, 0.29) is 11.5 Å². The molecule has 1 saturated heterocycles. The highest BCUT2D eigenvalue weighted by Gasteiger charge is 2.56. The Bertz CT molecular complexity index is 1150. The first-order valence-electron chi connectivity index (χ1n) is 9.92. The molecule has 0 radical (unpaired) electrons. The van der Waals surface area contributed by atoms with Crippen LogP contribution in [-0.2, 0) is 14.4 Å². The fourth-order valence-corrected chi connectivity index (χ4v) is 4.56. The molecule has 3 aromatic rings. The largest absolute Gasteiger partial charge is 0.618 e. The van der Waals surface area contributed by atoms with Gasteiger partial charge in [0.1, 0.15) is 12.0 Å². The quantitative estimate of drug-likeness (QED) is 0.270. The molecule has 31 heavy (non-hydrogen) atoms. The van der Waals surface area contributed by atoms with Gasteiger partial charge in [-0.1, -0.05) is 32.9 Å². The lowest BCUT2D eigenvalue weighted by molar-refractivity contribution is -0.615. The molecule has 1 aliphatic rings. The molecule has 158 valence electrons. The summed E-state index contributed by atoms with van der Waals surface area (Å²) >= 11 is 1.59. The van der Waals surface area contributed by atoms with Gasteiger partial charge in [-0.3, -0.25) is 19.3 Å². The van der Waals surface area contributed by atoms with E-state index in [1.807, 2.05) is 29.0 Å². The van der Waals surface area contributed by atoms with Crippen LogP contribution in [-0.4, -0.2) is 17.5 Å². The van der Waals surface area contributed by atoms with Crippen LogP contribution >= 0.6 is 11.3 Å². The maximum atomic E-state index is 13.2. The van der Waals surface area contributed by atoms with E-state index in [2.05, 4.69) is 0 Å². The molecule has 4 rings (SSSR count). The van der Waals surface area contributed by atoms with Crippen molar-refractivity contribution in [2.75, 3.05) is 4.90 Å². The number of carbonyl (C=O) groups is 3. The van der Waals surface area contributed by atoms with Gasteiger partial charge < -0.3 is 5.21 Å². The molecule has 0 spiro atoms. The van der Waals surface area contributed by atoms with E-state index in [1.165, 1.54) is 11.1 Å². The average molecular weight is 435 g/mol. The SMILES string of the molecule is CC(C)(C)C(=O)C1C(=O)C(=O)N(c2ccc(-c3ccsc3)cc2)C1c1cccc[n+]1[O-]. The van der Waals surface area contributed by atoms with Gasteiger partial charge in [-0.05, 0) is 46.2 Å². The van der Waals surface area contributed by atoms with Crippen LogP contribution < -0.4 is 9.63 Å². The molecule has 1 aliphatic heterocycles. The van der Waals surface area contributed by atoms with Crippen LogP contribution in [0.4, 0.5) is 5.69 Å². The fraction of sp³-hybridized carbons (Fsp3) is 0.250. The minimum atomic E-state index is -1.24. The highest BCUT2D eigenvalue weighted by atomic mass is 32.1. The first kappa shape index (κ1) is 20.9. The second-order valence-corrected chi connectivity index (χ2v) is 9.37. The predicted molar refractivity (Wildman–Crippen MR) is 118 cm³/mol. The maximum absolute atomic E-state index is 13.2. The molecule has 0 N–H and O–H groups in total. The molecule has 2 unspecified atom stereocenters. The minimum Gasteiger partial charge on any atom is -0.618 e. The molecule has 1 amide bonds. The third kappa shape index (κ3) is 3.65. The Morgan fingerprint density at radius 3 is 2.32 bits per heavy atom. The van der Waals surface area contributed by atoms with E-state index in [1.54, 1.807) is 62.4 Å². The number of carbonyl (C=O) groups excluding carboxylic acids is 3. The van der Waals surface area contributed by atoms with E-state index in [9.17, 15) is 19.6 Å². The van der Waals surface area contributed by atoms with Crippen molar-refractivity contribution < 1.29 is 19.1 Å². The van der Waals surface area contributed by atoms with Gasteiger partial charge in [0.25, 0.3) is 5.91 Å². The number of Topliss-reactive ketones (excluding diaryl/α,β-unsaturated/α-hetero) is 2. The van der Waals surface area contributed by atoms with Crippen LogP contribution in [0.15, 0.2) is 65.5 Å². The monoisotopic (exact) mass is 434 g/mol. The van der Waals surface area contributed by atoms with E-state index >= 15 is 0 Å². The van der Waals surface area contributed by atoms with Gasteiger partial charge in [-0.2, -0.15) is 16.1 Å². The molecule has 0 bridgehead atoms. The van der Waals surface area contributed by atoms with Crippen molar-refractivity contribution in [1.82, 2.24) is 0 Å². The smallest absolute Gasteiger partial charge is 0.296 e. The number of hydrogen-bond acceptors (Lipinski definition) is 5. The Kier molecular flexibility index (Phi) is 5.23. The van der Waals surface area contributed by atoms with Crippen molar-refractivity contribution in [2.24, 2.45) is 11.3 Å². The lowest BCUT2D eigenvalue weighted by Gasteiger charge is -2.28. The second-order valence-electron chi connectivity index (χ2n) is 8.59. The molecule has 3 heterocycles. The lowest BCUT2D eigenvalue weighted by atomic mass is 9.78. The van der Waals surface area contributed by atoms with Gasteiger partial charge in [0.05, 0.1) is 0 Å². The Labute approximate surface area is 184 Å². The minimum absolute atomic E-state index is 0.186. The molecule has 0 saturated carbocycles. The molecule has 1 fully saturated rings. The van der Waals surface area contributed by atoms with E-state index < -0.39 is 29.1 Å². The highest BCUT2D eigenvalue weighted by molar-refractivity contribution is 7.08. The predicted octanol–water partition coefficient (Wildman–Crippen LogP) is 3.94. The Morgan fingerprint density at radius 1 is 1.03 bits per heavy atom. The number of anilines is 1. The third-order valence-electron chi connectivity index (χ3n) is 5.48. The van der Waals surface area contributed by atoms with Gasteiger partial charge in [-0.15, -0.1) is 0 Å². The zero-order chi connectivity index (χ0) is 22.3. The average Bonchev–Trinajstić information content (AvgIpc) is 3.35. The molecule has 1 aromatic carbocycles. The first-order chi connectivity index (χ1) is 14.7. The summed E-state index contributed by atoms with van der Waals surface area (Å²) in [6.07, 6.45) is 1.30. The summed E-state index contributed by atoms with van der Waals surface area (Å²) < 4.78 is 0.617. The highest BCUT2D eigenvalue weighted by Crippen LogP contribution is 2.42. The summed E-state index contributed by atoms with van der Waals surface area (Å²) in [6, 6.07) is 13.0. The van der Waals surface area contributed by atoms with Gasteiger partial charge in [0.2, 0.25) is 11.5 Å². The van der Waals surface area contributed by atoms with Crippen molar-refractivity contribution in [3.05, 3.63) is 76.4 Å². The summed E-state index contributed by atoms with van der Waals surface area (Å²) in [5.41, 5.74) is 1.83. The number of hydrogen-bond donors (Lipinski definition) is 0. The summed E-state index contributed by atoms with van der Waals surface area (Å²) in [5.74, 6) is -3.17. The van der Waals surface area contributed by atoms with E-state index in [4.69, 9.17) is 0 Å². The number of benzene rings is 1. The van der Waals surface area contributed by atoms with Crippen LogP contribution in [0.5, 0.6) is 0 Å². The number of ketones is 2. The molecular weight excluding hydrogens is 412 g/mol. The van der Waals surface area contributed by atoms with Crippen molar-refractivity contribution in [3.8, 4) is 11.1 Å². The normalized spacial score (nSPS) is 19.1. The zero-order valence-corrected chi connectivity index (χ0v) is 18.3. The number of pyridine rings is 1. The Balaban J connectivity index is 1.83.